The molecule has 1 aromatic carbocycles. The Labute approximate surface area is 140 Å². The van der Waals surface area contributed by atoms with Gasteiger partial charge >= 0.3 is 5.97 Å². The van der Waals surface area contributed by atoms with E-state index in [9.17, 15) is 9.59 Å². The predicted octanol–water partition coefficient (Wildman–Crippen LogP) is 3.56. The Morgan fingerprint density at radius 2 is 1.96 bits per heavy atom. The first-order valence-corrected chi connectivity index (χ1v) is 7.66. The van der Waals surface area contributed by atoms with Crippen LogP contribution in [-0.4, -0.2) is 18.5 Å². The zero-order chi connectivity index (χ0) is 17.2. The van der Waals surface area contributed by atoms with E-state index >= 15 is 0 Å². The van der Waals surface area contributed by atoms with E-state index in [0.29, 0.717) is 24.4 Å². The van der Waals surface area contributed by atoms with Gasteiger partial charge in [-0.05, 0) is 42.8 Å². The molecular weight excluding hydrogens is 306 g/mol. The SMILES string of the molecule is CCCOC(=O)/C(=C/C=C/c1ccco1)NC(=O)c1ccccc1. The summed E-state index contributed by atoms with van der Waals surface area (Å²) in [7, 11) is 0. The van der Waals surface area contributed by atoms with Gasteiger partial charge in [-0.2, -0.15) is 0 Å². The average Bonchev–Trinajstić information content (AvgIpc) is 3.12. The third kappa shape index (κ3) is 5.28. The zero-order valence-corrected chi connectivity index (χ0v) is 13.4. The maximum absolute atomic E-state index is 12.2. The van der Waals surface area contributed by atoms with E-state index in [0.717, 1.165) is 0 Å². The van der Waals surface area contributed by atoms with Gasteiger partial charge in [0.1, 0.15) is 11.5 Å². The second kappa shape index (κ2) is 9.15. The molecule has 0 spiro atoms. The van der Waals surface area contributed by atoms with Gasteiger partial charge in [0.25, 0.3) is 5.91 Å². The van der Waals surface area contributed by atoms with Gasteiger partial charge in [-0.25, -0.2) is 4.79 Å². The van der Waals surface area contributed by atoms with Crippen LogP contribution in [0.15, 0.2) is 71.0 Å². The minimum Gasteiger partial charge on any atom is -0.465 e. The molecule has 0 fully saturated rings. The van der Waals surface area contributed by atoms with Crippen molar-refractivity contribution in [3.8, 4) is 0 Å². The fraction of sp³-hybridized carbons (Fsp3) is 0.158. The van der Waals surface area contributed by atoms with Gasteiger partial charge in [0.05, 0.1) is 12.9 Å². The number of allylic oxidation sites excluding steroid dienone is 2. The second-order valence-electron chi connectivity index (χ2n) is 4.91. The van der Waals surface area contributed by atoms with Crippen molar-refractivity contribution in [2.75, 3.05) is 6.61 Å². The standard InChI is InChI=1S/C19H19NO4/c1-2-13-24-19(22)17(12-6-10-16-11-7-14-23-16)20-18(21)15-8-4-3-5-9-15/h3-12,14H,2,13H2,1H3,(H,20,21)/b10-6+,17-12-. The van der Waals surface area contributed by atoms with Crippen LogP contribution in [-0.2, 0) is 9.53 Å². The first kappa shape index (κ1) is 17.3. The van der Waals surface area contributed by atoms with Crippen molar-refractivity contribution >= 4 is 18.0 Å². The number of carbonyl (C=O) groups excluding carboxylic acids is 2. The van der Waals surface area contributed by atoms with Crippen molar-refractivity contribution in [1.82, 2.24) is 5.32 Å². The Kier molecular flexibility index (Phi) is 6.58. The maximum atomic E-state index is 12.2. The van der Waals surface area contributed by atoms with Crippen LogP contribution < -0.4 is 5.32 Å². The van der Waals surface area contributed by atoms with E-state index in [2.05, 4.69) is 5.32 Å². The summed E-state index contributed by atoms with van der Waals surface area (Å²) >= 11 is 0. The number of benzene rings is 1. The minimum absolute atomic E-state index is 0.0695. The van der Waals surface area contributed by atoms with Gasteiger partial charge in [-0.1, -0.05) is 31.2 Å². The third-order valence-electron chi connectivity index (χ3n) is 3.01. The highest BCUT2D eigenvalue weighted by Crippen LogP contribution is 2.05. The highest BCUT2D eigenvalue weighted by atomic mass is 16.5. The molecule has 5 heteroatoms. The van der Waals surface area contributed by atoms with Crippen LogP contribution in [0.3, 0.4) is 0 Å². The Morgan fingerprint density at radius 3 is 2.62 bits per heavy atom. The number of amides is 1. The minimum atomic E-state index is -0.578. The molecule has 2 aromatic rings. The first-order valence-electron chi connectivity index (χ1n) is 7.66. The number of rotatable bonds is 7. The number of hydrogen-bond donors (Lipinski definition) is 1. The van der Waals surface area contributed by atoms with Crippen LogP contribution in [0.2, 0.25) is 0 Å². The molecule has 0 radical (unpaired) electrons. The number of esters is 1. The summed E-state index contributed by atoms with van der Waals surface area (Å²) in [6, 6.07) is 12.2. The lowest BCUT2D eigenvalue weighted by Gasteiger charge is -2.09. The van der Waals surface area contributed by atoms with Gasteiger partial charge < -0.3 is 14.5 Å². The molecule has 1 N–H and O–H groups in total. The van der Waals surface area contributed by atoms with Crippen LogP contribution in [0.1, 0.15) is 29.5 Å². The monoisotopic (exact) mass is 325 g/mol. The number of ether oxygens (including phenoxy) is 1. The van der Waals surface area contributed by atoms with Gasteiger partial charge in [0, 0.05) is 5.56 Å². The topological polar surface area (TPSA) is 68.5 Å². The Bertz CT molecular complexity index is 715. The third-order valence-corrected chi connectivity index (χ3v) is 3.01. The lowest BCUT2D eigenvalue weighted by Crippen LogP contribution is -2.28. The van der Waals surface area contributed by atoms with Crippen LogP contribution in [0.5, 0.6) is 0 Å². The number of carbonyl (C=O) groups is 2. The van der Waals surface area contributed by atoms with Crippen molar-refractivity contribution in [1.29, 1.82) is 0 Å². The largest absolute Gasteiger partial charge is 0.465 e. The summed E-state index contributed by atoms with van der Waals surface area (Å²) in [5.74, 6) is -0.311. The van der Waals surface area contributed by atoms with Crippen molar-refractivity contribution in [3.05, 3.63) is 77.9 Å². The molecule has 0 aliphatic rings. The molecule has 0 aliphatic carbocycles. The van der Waals surface area contributed by atoms with E-state index in [1.807, 2.05) is 13.0 Å². The van der Waals surface area contributed by atoms with Crippen LogP contribution in [0.25, 0.3) is 6.08 Å². The predicted molar refractivity (Wildman–Crippen MR) is 91.0 cm³/mol. The summed E-state index contributed by atoms with van der Waals surface area (Å²) < 4.78 is 10.3. The fourth-order valence-corrected chi connectivity index (χ4v) is 1.84. The molecule has 0 atom stereocenters. The molecule has 2 rings (SSSR count). The van der Waals surface area contributed by atoms with Crippen molar-refractivity contribution < 1.29 is 18.7 Å². The molecule has 0 bridgehead atoms. The van der Waals surface area contributed by atoms with Crippen LogP contribution >= 0.6 is 0 Å². The Hall–Kier alpha value is -3.08. The summed E-state index contributed by atoms with van der Waals surface area (Å²) in [6.45, 7) is 2.19. The van der Waals surface area contributed by atoms with Crippen molar-refractivity contribution in [3.63, 3.8) is 0 Å². The Balaban J connectivity index is 2.12. The van der Waals surface area contributed by atoms with E-state index in [4.69, 9.17) is 9.15 Å². The highest BCUT2D eigenvalue weighted by molar-refractivity contribution is 6.01. The van der Waals surface area contributed by atoms with Gasteiger partial charge in [0.15, 0.2) is 0 Å². The number of nitrogens with one attached hydrogen (secondary N) is 1. The maximum Gasteiger partial charge on any atom is 0.354 e. The van der Waals surface area contributed by atoms with E-state index in [1.54, 1.807) is 54.8 Å². The second-order valence-corrected chi connectivity index (χ2v) is 4.91. The number of furan rings is 1. The molecule has 0 unspecified atom stereocenters. The summed E-state index contributed by atoms with van der Waals surface area (Å²) in [5.41, 5.74) is 0.529. The molecule has 1 heterocycles. The summed E-state index contributed by atoms with van der Waals surface area (Å²) in [6.07, 6.45) is 7.04. The molecule has 5 nitrogen and oxygen atoms in total. The van der Waals surface area contributed by atoms with Gasteiger partial charge in [0.2, 0.25) is 0 Å². The molecule has 24 heavy (non-hydrogen) atoms. The van der Waals surface area contributed by atoms with Crippen molar-refractivity contribution in [2.45, 2.75) is 13.3 Å². The lowest BCUT2D eigenvalue weighted by molar-refractivity contribution is -0.139. The zero-order valence-electron chi connectivity index (χ0n) is 13.4. The summed E-state index contributed by atoms with van der Waals surface area (Å²) in [4.78, 5) is 24.3. The van der Waals surface area contributed by atoms with Gasteiger partial charge in [-0.15, -0.1) is 0 Å². The normalized spacial score (nSPS) is 11.5. The van der Waals surface area contributed by atoms with Crippen molar-refractivity contribution in [2.24, 2.45) is 0 Å². The first-order chi connectivity index (χ1) is 11.7. The molecule has 124 valence electrons. The lowest BCUT2D eigenvalue weighted by atomic mass is 10.2. The molecule has 0 aliphatic heterocycles. The van der Waals surface area contributed by atoms with E-state index < -0.39 is 5.97 Å². The Morgan fingerprint density at radius 1 is 1.17 bits per heavy atom. The van der Waals surface area contributed by atoms with E-state index in [1.165, 1.54) is 6.08 Å². The quantitative estimate of drug-likeness (QED) is 0.480. The highest BCUT2D eigenvalue weighted by Gasteiger charge is 2.14. The van der Waals surface area contributed by atoms with Crippen LogP contribution in [0.4, 0.5) is 0 Å². The summed E-state index contributed by atoms with van der Waals surface area (Å²) in [5, 5.41) is 2.59. The smallest absolute Gasteiger partial charge is 0.354 e. The molecule has 1 aromatic heterocycles. The molecule has 0 saturated heterocycles. The molecular formula is C19H19NO4. The average molecular weight is 325 g/mol. The molecule has 1 amide bonds. The van der Waals surface area contributed by atoms with Gasteiger partial charge in [-0.3, -0.25) is 4.79 Å². The number of hydrogen-bond acceptors (Lipinski definition) is 4. The fourth-order valence-electron chi connectivity index (χ4n) is 1.84. The van der Waals surface area contributed by atoms with E-state index in [-0.39, 0.29) is 11.6 Å². The molecule has 0 saturated carbocycles. The van der Waals surface area contributed by atoms with Crippen LogP contribution in [0, 0.1) is 0 Å².